The van der Waals surface area contributed by atoms with Crippen LogP contribution in [0.5, 0.6) is 0 Å². The van der Waals surface area contributed by atoms with E-state index in [4.69, 9.17) is 0 Å². The summed E-state index contributed by atoms with van der Waals surface area (Å²) in [5.41, 5.74) is 1.42. The first-order valence-corrected chi connectivity index (χ1v) is 6.24. The van der Waals surface area contributed by atoms with Gasteiger partial charge in [0.25, 0.3) is 0 Å². The fourth-order valence-electron chi connectivity index (χ4n) is 2.27. The van der Waals surface area contributed by atoms with Crippen LogP contribution >= 0.6 is 0 Å². The van der Waals surface area contributed by atoms with Crippen molar-refractivity contribution >= 4 is 0 Å². The van der Waals surface area contributed by atoms with Gasteiger partial charge in [0.05, 0.1) is 6.20 Å². The van der Waals surface area contributed by atoms with E-state index in [0.29, 0.717) is 0 Å². The van der Waals surface area contributed by atoms with E-state index in [0.717, 1.165) is 38.4 Å². The summed E-state index contributed by atoms with van der Waals surface area (Å²) in [7, 11) is 0. The van der Waals surface area contributed by atoms with Gasteiger partial charge in [-0.25, -0.2) is 0 Å². The highest BCUT2D eigenvalue weighted by Gasteiger charge is 2.16. The minimum atomic E-state index is 0.717. The molecule has 2 heterocycles. The number of aromatic nitrogens is 2. The molecular formula is C13H21N3. The molecule has 0 saturated carbocycles. The van der Waals surface area contributed by atoms with E-state index >= 15 is 0 Å². The highest BCUT2D eigenvalue weighted by atomic mass is 15.3. The van der Waals surface area contributed by atoms with E-state index < -0.39 is 0 Å². The number of hydrogen-bond donors (Lipinski definition) is 1. The highest BCUT2D eigenvalue weighted by molar-refractivity contribution is 5.12. The number of piperidine rings is 1. The van der Waals surface area contributed by atoms with Crippen molar-refractivity contribution in [2.24, 2.45) is 0 Å². The second-order valence-corrected chi connectivity index (χ2v) is 4.49. The van der Waals surface area contributed by atoms with Gasteiger partial charge in [-0.2, -0.15) is 5.10 Å². The van der Waals surface area contributed by atoms with Crippen LogP contribution in [0.25, 0.3) is 0 Å². The van der Waals surface area contributed by atoms with Crippen LogP contribution in [0.15, 0.2) is 25.0 Å². The van der Waals surface area contributed by atoms with Crippen molar-refractivity contribution in [3.05, 3.63) is 30.6 Å². The molecule has 0 unspecified atom stereocenters. The van der Waals surface area contributed by atoms with Gasteiger partial charge in [0.15, 0.2) is 0 Å². The predicted octanol–water partition coefficient (Wildman–Crippen LogP) is 2.32. The molecule has 1 aliphatic rings. The Hall–Kier alpha value is -1.09. The third-order valence-electron chi connectivity index (χ3n) is 3.26. The van der Waals surface area contributed by atoms with Crippen LogP contribution in [0.4, 0.5) is 0 Å². The average molecular weight is 219 g/mol. The van der Waals surface area contributed by atoms with E-state index in [9.17, 15) is 0 Å². The number of aryl methyl sites for hydroxylation is 1. The third-order valence-corrected chi connectivity index (χ3v) is 3.26. The van der Waals surface area contributed by atoms with Gasteiger partial charge in [-0.3, -0.25) is 4.68 Å². The SMILES string of the molecule is C=CCCCn1cc(C2CCNCC2)cn1. The summed E-state index contributed by atoms with van der Waals surface area (Å²) >= 11 is 0. The molecule has 0 aliphatic carbocycles. The summed E-state index contributed by atoms with van der Waals surface area (Å²) in [5.74, 6) is 0.717. The van der Waals surface area contributed by atoms with Gasteiger partial charge in [-0.1, -0.05) is 6.08 Å². The van der Waals surface area contributed by atoms with Crippen molar-refractivity contribution < 1.29 is 0 Å². The fourth-order valence-corrected chi connectivity index (χ4v) is 2.27. The Bertz CT molecular complexity index is 324. The van der Waals surface area contributed by atoms with Crippen LogP contribution in [0.2, 0.25) is 0 Å². The molecule has 3 heteroatoms. The number of unbranched alkanes of at least 4 members (excludes halogenated alkanes) is 1. The van der Waals surface area contributed by atoms with Crippen molar-refractivity contribution in [1.29, 1.82) is 0 Å². The van der Waals surface area contributed by atoms with Crippen LogP contribution in [0.1, 0.15) is 37.2 Å². The molecule has 1 saturated heterocycles. The normalized spacial score (nSPS) is 17.5. The summed E-state index contributed by atoms with van der Waals surface area (Å²) in [4.78, 5) is 0. The van der Waals surface area contributed by atoms with Crippen LogP contribution < -0.4 is 5.32 Å². The Morgan fingerprint density at radius 2 is 2.31 bits per heavy atom. The van der Waals surface area contributed by atoms with Gasteiger partial charge < -0.3 is 5.32 Å². The van der Waals surface area contributed by atoms with Gasteiger partial charge in [0, 0.05) is 12.7 Å². The Balaban J connectivity index is 1.88. The second kappa shape index (κ2) is 5.85. The first-order chi connectivity index (χ1) is 7.90. The lowest BCUT2D eigenvalue weighted by Gasteiger charge is -2.21. The quantitative estimate of drug-likeness (QED) is 0.608. The summed E-state index contributed by atoms with van der Waals surface area (Å²) in [6.07, 6.45) is 10.9. The zero-order valence-electron chi connectivity index (χ0n) is 9.86. The third kappa shape index (κ3) is 2.95. The molecule has 3 nitrogen and oxygen atoms in total. The van der Waals surface area contributed by atoms with E-state index in [1.807, 2.05) is 12.3 Å². The molecule has 0 bridgehead atoms. The van der Waals surface area contributed by atoms with Gasteiger partial charge in [-0.05, 0) is 50.3 Å². The molecule has 1 fully saturated rings. The number of allylic oxidation sites excluding steroid dienone is 1. The Morgan fingerprint density at radius 1 is 1.50 bits per heavy atom. The minimum Gasteiger partial charge on any atom is -0.317 e. The molecule has 1 aromatic rings. The maximum Gasteiger partial charge on any atom is 0.0524 e. The van der Waals surface area contributed by atoms with Crippen LogP contribution in [-0.2, 0) is 6.54 Å². The van der Waals surface area contributed by atoms with Gasteiger partial charge >= 0.3 is 0 Å². The minimum absolute atomic E-state index is 0.717. The zero-order valence-corrected chi connectivity index (χ0v) is 9.86. The number of rotatable bonds is 5. The standard InChI is InChI=1S/C13H21N3/c1-2-3-4-9-16-11-13(10-15-16)12-5-7-14-8-6-12/h2,10-12,14H,1,3-9H2. The first kappa shape index (κ1) is 11.4. The molecule has 0 amide bonds. The molecule has 0 spiro atoms. The maximum atomic E-state index is 4.43. The van der Waals surface area contributed by atoms with Gasteiger partial charge in [0.1, 0.15) is 0 Å². The van der Waals surface area contributed by atoms with Crippen molar-refractivity contribution in [3.63, 3.8) is 0 Å². The average Bonchev–Trinajstić information content (AvgIpc) is 2.79. The molecule has 2 rings (SSSR count). The zero-order chi connectivity index (χ0) is 11.2. The predicted molar refractivity (Wildman–Crippen MR) is 66.5 cm³/mol. The largest absolute Gasteiger partial charge is 0.317 e. The van der Waals surface area contributed by atoms with Crippen molar-refractivity contribution in [2.45, 2.75) is 38.1 Å². The second-order valence-electron chi connectivity index (χ2n) is 4.49. The molecule has 0 aromatic carbocycles. The van der Waals surface area contributed by atoms with Crippen LogP contribution in [0, 0.1) is 0 Å². The first-order valence-electron chi connectivity index (χ1n) is 6.24. The number of hydrogen-bond acceptors (Lipinski definition) is 2. The van der Waals surface area contributed by atoms with Crippen molar-refractivity contribution in [2.75, 3.05) is 13.1 Å². The Labute approximate surface area is 97.5 Å². The molecule has 88 valence electrons. The maximum absolute atomic E-state index is 4.43. The monoisotopic (exact) mass is 219 g/mol. The molecule has 0 atom stereocenters. The lowest BCUT2D eigenvalue weighted by molar-refractivity contribution is 0.460. The molecule has 1 N–H and O–H groups in total. The summed E-state index contributed by atoms with van der Waals surface area (Å²) in [6, 6.07) is 0. The van der Waals surface area contributed by atoms with Crippen molar-refractivity contribution in [3.8, 4) is 0 Å². The Morgan fingerprint density at radius 3 is 3.06 bits per heavy atom. The molecular weight excluding hydrogens is 198 g/mol. The van der Waals surface area contributed by atoms with E-state index in [-0.39, 0.29) is 0 Å². The number of nitrogens with one attached hydrogen (secondary N) is 1. The molecule has 0 radical (unpaired) electrons. The van der Waals surface area contributed by atoms with E-state index in [2.05, 4.69) is 27.9 Å². The van der Waals surface area contributed by atoms with Gasteiger partial charge in [-0.15, -0.1) is 6.58 Å². The van der Waals surface area contributed by atoms with E-state index in [1.165, 1.54) is 18.4 Å². The summed E-state index contributed by atoms with van der Waals surface area (Å²) in [6.45, 7) is 7.04. The van der Waals surface area contributed by atoms with E-state index in [1.54, 1.807) is 0 Å². The lowest BCUT2D eigenvalue weighted by Crippen LogP contribution is -2.26. The van der Waals surface area contributed by atoms with Gasteiger partial charge in [0.2, 0.25) is 0 Å². The molecule has 1 aromatic heterocycles. The fraction of sp³-hybridized carbons (Fsp3) is 0.615. The molecule has 1 aliphatic heterocycles. The smallest absolute Gasteiger partial charge is 0.0524 e. The topological polar surface area (TPSA) is 29.9 Å². The Kier molecular flexibility index (Phi) is 4.17. The van der Waals surface area contributed by atoms with Crippen LogP contribution in [0.3, 0.4) is 0 Å². The highest BCUT2D eigenvalue weighted by Crippen LogP contribution is 2.24. The summed E-state index contributed by atoms with van der Waals surface area (Å²) < 4.78 is 2.07. The van der Waals surface area contributed by atoms with Crippen LogP contribution in [-0.4, -0.2) is 22.9 Å². The number of nitrogens with zero attached hydrogens (tertiary/aromatic N) is 2. The van der Waals surface area contributed by atoms with Crippen molar-refractivity contribution in [1.82, 2.24) is 15.1 Å². The summed E-state index contributed by atoms with van der Waals surface area (Å²) in [5, 5.41) is 7.82. The lowest BCUT2D eigenvalue weighted by atomic mass is 9.93. The molecule has 16 heavy (non-hydrogen) atoms.